The Morgan fingerprint density at radius 1 is 0.317 bits per heavy atom. The van der Waals surface area contributed by atoms with Gasteiger partial charge >= 0.3 is 0 Å². The number of allylic oxidation sites excluding steroid dienone is 2. The standard InChI is InChI=1S/C48H32N4O2.C45H32N2O3/c1-31-6-22-45-40(26-31)41-27-32(2)7-23-46(41)51(45)36-16-10-33(11-17-36)8-14-35(44(30-49)50-3)15-9-34-12-18-37(19-13-34)52-47-24-20-38(53-4)28-42(47)43-29-39(54-5)21-25-48(43)52;1-29-5-21-42-38(25-29)39-26-30(2)6-22-43(39)46(42)33-13-7-31(8-14-33)11-17-35(48)18-12-32-9-15-34(16-10-32)47-44-23-19-36(49-3)27-40(44)41-28-37(50-4)20-24-45(41)47/h6-7,10-13,16-29H,1-2,4-5H3;5-10,13-16,19-28H,1-4H3/b44-35+;. The third-order valence-corrected chi connectivity index (χ3v) is 18.8. The number of Topliss-reactive ketones (excluding diaryl/α,β-unsaturated/α-hetero) is 1. The van der Waals surface area contributed by atoms with Crippen molar-refractivity contribution in [3.8, 4) is 99.2 Å². The largest absolute Gasteiger partial charge is 0.497 e. The molecule has 16 aromatic rings. The Balaban J connectivity index is 0.000000168. The molecule has 16 rings (SSSR count). The molecule has 0 saturated carbocycles. The SMILES string of the molecule is COc1ccc2c(c1)c1cc(OC)ccc1n2-c1ccc(C#CC(=O)C#Cc2ccc(-n3c4ccc(C)cc4c4cc(C)ccc43)cc2)cc1.[C-]#[N+]/C(C#N)=C(\C#Cc1ccc(-n2c3ccc(C)cc3c3cc(C)ccc32)cc1)C#Cc1ccc(-n2c3ccc(OC)cc3c3cc(OC)ccc32)cc1. The van der Waals surface area contributed by atoms with Crippen LogP contribution in [0.15, 0.2) is 254 Å². The van der Waals surface area contributed by atoms with Crippen molar-refractivity contribution in [1.82, 2.24) is 18.3 Å². The molecular weight excluding hydrogens is 1280 g/mol. The highest BCUT2D eigenvalue weighted by molar-refractivity contribution is 6.14. The fourth-order valence-corrected chi connectivity index (χ4v) is 13.7. The van der Waals surface area contributed by atoms with Gasteiger partial charge in [0.05, 0.1) is 90.8 Å². The summed E-state index contributed by atoms with van der Waals surface area (Å²) in [7, 11) is 6.67. The van der Waals surface area contributed by atoms with Gasteiger partial charge in [-0.2, -0.15) is 0 Å². The third kappa shape index (κ3) is 12.5. The molecule has 0 aliphatic rings. The van der Waals surface area contributed by atoms with Crippen LogP contribution in [0, 0.1) is 93.0 Å². The van der Waals surface area contributed by atoms with Gasteiger partial charge < -0.3 is 37.2 Å². The Labute approximate surface area is 602 Å². The average molecular weight is 1350 g/mol. The van der Waals surface area contributed by atoms with Crippen molar-refractivity contribution in [3.05, 3.63) is 310 Å². The number of aryl methyl sites for hydroxylation is 4. The minimum absolute atomic E-state index is 0.143. The maximum Gasteiger partial charge on any atom is 0.285 e. The molecule has 0 amide bonds. The Morgan fingerprint density at radius 3 is 0.760 bits per heavy atom. The number of nitriles is 1. The van der Waals surface area contributed by atoms with E-state index in [1.807, 2.05) is 152 Å². The lowest BCUT2D eigenvalue weighted by Gasteiger charge is -2.08. The van der Waals surface area contributed by atoms with Crippen LogP contribution >= 0.6 is 0 Å². The molecule has 4 heterocycles. The van der Waals surface area contributed by atoms with Crippen molar-refractivity contribution in [2.24, 2.45) is 0 Å². The molecule has 0 bridgehead atoms. The topological polar surface area (TPSA) is 102 Å². The normalized spacial score (nSPS) is 11.1. The summed E-state index contributed by atoms with van der Waals surface area (Å²) in [5.41, 5.74) is 20.6. The Bertz CT molecular complexity index is 6360. The van der Waals surface area contributed by atoms with Gasteiger partial charge in [-0.3, -0.25) is 4.79 Å². The van der Waals surface area contributed by atoms with Gasteiger partial charge in [0, 0.05) is 88.1 Å². The number of ether oxygens (including phenoxy) is 4. The van der Waals surface area contributed by atoms with E-state index in [4.69, 9.17) is 25.5 Å². The Morgan fingerprint density at radius 2 is 0.538 bits per heavy atom. The van der Waals surface area contributed by atoms with Gasteiger partial charge in [-0.1, -0.05) is 82.0 Å². The molecule has 0 aliphatic carbocycles. The molecule has 104 heavy (non-hydrogen) atoms. The number of benzene rings is 12. The van der Waals surface area contributed by atoms with Gasteiger partial charge in [0.1, 0.15) is 23.0 Å². The fourth-order valence-electron chi connectivity index (χ4n) is 13.7. The summed E-state index contributed by atoms with van der Waals surface area (Å²) in [4.78, 5) is 16.1. The number of methoxy groups -OCH3 is 4. The smallest absolute Gasteiger partial charge is 0.285 e. The van der Waals surface area contributed by atoms with Crippen LogP contribution in [0.5, 0.6) is 23.0 Å². The molecule has 11 nitrogen and oxygen atoms in total. The van der Waals surface area contributed by atoms with Gasteiger partial charge in [0.15, 0.2) is 0 Å². The summed E-state index contributed by atoms with van der Waals surface area (Å²) in [5.74, 6) is 26.3. The molecule has 12 aromatic carbocycles. The number of fused-ring (bicyclic) bond motifs is 12. The number of ketones is 1. The number of hydrogen-bond acceptors (Lipinski definition) is 6. The summed E-state index contributed by atoms with van der Waals surface area (Å²) < 4.78 is 31.0. The monoisotopic (exact) mass is 1340 g/mol. The van der Waals surface area contributed by atoms with E-state index in [1.54, 1.807) is 28.4 Å². The number of carbonyl (C=O) groups is 1. The molecule has 0 saturated heterocycles. The van der Waals surface area contributed by atoms with Crippen molar-refractivity contribution in [2.45, 2.75) is 27.7 Å². The van der Waals surface area contributed by atoms with E-state index in [0.717, 1.165) is 134 Å². The lowest BCUT2D eigenvalue weighted by Crippen LogP contribution is -1.94. The van der Waals surface area contributed by atoms with Gasteiger partial charge in [-0.05, 0) is 258 Å². The number of hydrogen-bond donors (Lipinski definition) is 0. The van der Waals surface area contributed by atoms with Crippen LogP contribution in [-0.4, -0.2) is 52.5 Å². The quantitative estimate of drug-likeness (QED) is 0.0853. The lowest BCUT2D eigenvalue weighted by molar-refractivity contribution is -0.108. The van der Waals surface area contributed by atoms with Crippen LogP contribution in [0.3, 0.4) is 0 Å². The molecular formula is C93H64N6O5. The number of nitrogens with zero attached hydrogens (tertiary/aromatic N) is 6. The molecule has 11 heteroatoms. The van der Waals surface area contributed by atoms with E-state index >= 15 is 0 Å². The minimum atomic E-state index is -0.434. The predicted octanol–water partition coefficient (Wildman–Crippen LogP) is 20.1. The maximum absolute atomic E-state index is 12.7. The van der Waals surface area contributed by atoms with E-state index < -0.39 is 5.78 Å². The molecule has 4 aromatic heterocycles. The summed E-state index contributed by atoms with van der Waals surface area (Å²) in [6, 6.07) is 84.1. The second-order valence-electron chi connectivity index (χ2n) is 25.4. The Hall–Kier alpha value is -14.3. The first-order valence-electron chi connectivity index (χ1n) is 33.7. The number of carbonyl (C=O) groups excluding carboxylic acids is 1. The van der Waals surface area contributed by atoms with E-state index in [-0.39, 0.29) is 11.3 Å². The molecule has 496 valence electrons. The van der Waals surface area contributed by atoms with Crippen LogP contribution in [0.4, 0.5) is 0 Å². The molecule has 0 N–H and O–H groups in total. The van der Waals surface area contributed by atoms with Crippen LogP contribution in [0.2, 0.25) is 0 Å². The van der Waals surface area contributed by atoms with Crippen molar-refractivity contribution >= 4 is 93.0 Å². The second-order valence-corrected chi connectivity index (χ2v) is 25.4. The van der Waals surface area contributed by atoms with E-state index in [2.05, 4.69) is 195 Å². The first-order chi connectivity index (χ1) is 50.8. The first-order valence-corrected chi connectivity index (χ1v) is 33.7. The van der Waals surface area contributed by atoms with Crippen LogP contribution < -0.4 is 18.9 Å². The fraction of sp³-hybridized carbons (Fsp3) is 0.0860. The van der Waals surface area contributed by atoms with E-state index in [1.165, 1.54) is 43.8 Å². The predicted molar refractivity (Wildman–Crippen MR) is 420 cm³/mol. The van der Waals surface area contributed by atoms with Gasteiger partial charge in [-0.15, -0.1) is 0 Å². The van der Waals surface area contributed by atoms with Crippen molar-refractivity contribution in [2.75, 3.05) is 28.4 Å². The average Bonchev–Trinajstić information content (AvgIpc) is 1.61. The molecule has 0 fully saturated rings. The second kappa shape index (κ2) is 27.8. The summed E-state index contributed by atoms with van der Waals surface area (Å²) in [6.07, 6.45) is 0. The zero-order valence-electron chi connectivity index (χ0n) is 58.3. The zero-order valence-corrected chi connectivity index (χ0v) is 58.3. The maximum atomic E-state index is 12.7. The highest BCUT2D eigenvalue weighted by atomic mass is 16.5. The highest BCUT2D eigenvalue weighted by Gasteiger charge is 2.19. The lowest BCUT2D eigenvalue weighted by atomic mass is 10.1. The summed E-state index contributed by atoms with van der Waals surface area (Å²) >= 11 is 0. The molecule has 0 aliphatic heterocycles. The highest BCUT2D eigenvalue weighted by Crippen LogP contribution is 2.40. The minimum Gasteiger partial charge on any atom is -0.497 e. The Kier molecular flexibility index (Phi) is 17.5. The van der Waals surface area contributed by atoms with Crippen molar-refractivity contribution < 1.29 is 23.7 Å². The molecule has 0 atom stereocenters. The van der Waals surface area contributed by atoms with Crippen LogP contribution in [0.25, 0.3) is 115 Å². The van der Waals surface area contributed by atoms with Crippen LogP contribution in [-0.2, 0) is 4.79 Å². The van der Waals surface area contributed by atoms with Crippen molar-refractivity contribution in [3.63, 3.8) is 0 Å². The van der Waals surface area contributed by atoms with Gasteiger partial charge in [0.25, 0.3) is 11.5 Å². The van der Waals surface area contributed by atoms with Crippen LogP contribution in [0.1, 0.15) is 44.5 Å². The zero-order chi connectivity index (χ0) is 71.7. The summed E-state index contributed by atoms with van der Waals surface area (Å²) in [5, 5.41) is 18.9. The third-order valence-electron chi connectivity index (χ3n) is 18.8. The van der Waals surface area contributed by atoms with Crippen molar-refractivity contribution in [1.29, 1.82) is 5.26 Å². The number of aromatic nitrogens is 4. The van der Waals surface area contributed by atoms with Gasteiger partial charge in [0.2, 0.25) is 0 Å². The molecule has 0 spiro atoms. The van der Waals surface area contributed by atoms with E-state index in [0.29, 0.717) is 0 Å². The molecule has 0 unspecified atom stereocenters. The first kappa shape index (κ1) is 65.6. The summed E-state index contributed by atoms with van der Waals surface area (Å²) in [6.45, 7) is 16.1. The molecule has 0 radical (unpaired) electrons. The number of rotatable bonds is 8. The van der Waals surface area contributed by atoms with Gasteiger partial charge in [-0.25, -0.2) is 10.1 Å². The van der Waals surface area contributed by atoms with E-state index in [9.17, 15) is 10.1 Å².